The summed E-state index contributed by atoms with van der Waals surface area (Å²) in [4.78, 5) is 73.9. The Labute approximate surface area is 224 Å². The van der Waals surface area contributed by atoms with Crippen LogP contribution in [-0.4, -0.2) is 76.0 Å². The minimum atomic E-state index is -1.26. The third-order valence-corrected chi connectivity index (χ3v) is 6.61. The number of aliphatic carboxylic acids is 2. The molecule has 0 aliphatic carbocycles. The van der Waals surface area contributed by atoms with Gasteiger partial charge < -0.3 is 37.2 Å². The van der Waals surface area contributed by atoms with Crippen LogP contribution in [0.5, 0.6) is 0 Å². The van der Waals surface area contributed by atoms with E-state index in [1.54, 1.807) is 34.6 Å². The molecule has 0 radical (unpaired) electrons. The molecule has 7 atom stereocenters. The summed E-state index contributed by atoms with van der Waals surface area (Å²) in [5.41, 5.74) is 5.95. The highest BCUT2D eigenvalue weighted by atomic mass is 16.4. The van der Waals surface area contributed by atoms with Gasteiger partial charge >= 0.3 is 11.9 Å². The number of hydrogen-bond donors (Lipinski definition) is 7. The predicted octanol–water partition coefficient (Wildman–Crippen LogP) is -0.0296. The molecule has 0 bridgehead atoms. The molecular weight excluding hydrogens is 498 g/mol. The van der Waals surface area contributed by atoms with Crippen LogP contribution < -0.4 is 27.0 Å². The van der Waals surface area contributed by atoms with E-state index >= 15 is 0 Å². The molecule has 0 aromatic heterocycles. The van der Waals surface area contributed by atoms with Gasteiger partial charge in [-0.3, -0.25) is 28.8 Å². The number of hydrogen-bond acceptors (Lipinski definition) is 7. The van der Waals surface area contributed by atoms with E-state index < -0.39 is 78.1 Å². The number of carbonyl (C=O) groups excluding carboxylic acids is 4. The van der Waals surface area contributed by atoms with Crippen LogP contribution >= 0.6 is 0 Å². The second-order valence-electron chi connectivity index (χ2n) is 10.1. The van der Waals surface area contributed by atoms with Gasteiger partial charge in [0.1, 0.15) is 24.2 Å². The molecule has 0 spiro atoms. The van der Waals surface area contributed by atoms with E-state index in [1.165, 1.54) is 6.92 Å². The normalized spacial score (nSPS) is 16.7. The molecule has 0 rings (SSSR count). The number of carboxylic acid groups (broad SMARTS) is 2. The number of carboxylic acids is 2. The maximum Gasteiger partial charge on any atom is 0.325 e. The predicted molar refractivity (Wildman–Crippen MR) is 140 cm³/mol. The second-order valence-corrected chi connectivity index (χ2v) is 10.1. The Hall–Kier alpha value is -3.22. The zero-order chi connectivity index (χ0) is 29.7. The summed E-state index contributed by atoms with van der Waals surface area (Å²) < 4.78 is 0. The molecule has 0 aliphatic rings. The molecular formula is C25H45N5O8. The van der Waals surface area contributed by atoms with E-state index in [2.05, 4.69) is 21.3 Å². The van der Waals surface area contributed by atoms with Crippen LogP contribution in [-0.2, 0) is 28.8 Å². The van der Waals surface area contributed by atoms with E-state index in [0.29, 0.717) is 12.8 Å². The Morgan fingerprint density at radius 2 is 1.18 bits per heavy atom. The number of rotatable bonds is 17. The number of nitrogens with two attached hydrogens (primary N) is 1. The Morgan fingerprint density at radius 3 is 1.63 bits per heavy atom. The summed E-state index contributed by atoms with van der Waals surface area (Å²) in [5, 5.41) is 28.2. The van der Waals surface area contributed by atoms with Gasteiger partial charge in [-0.2, -0.15) is 0 Å². The first-order valence-electron chi connectivity index (χ1n) is 13.0. The van der Waals surface area contributed by atoms with Gasteiger partial charge in [0.15, 0.2) is 0 Å². The van der Waals surface area contributed by atoms with Crippen molar-refractivity contribution in [3.05, 3.63) is 0 Å². The van der Waals surface area contributed by atoms with Crippen molar-refractivity contribution in [2.24, 2.45) is 23.5 Å². The SMILES string of the molecule is CC[C@H](C)[C@H](N)C(=O)N[C@@H](CCC(=O)O)C(=O)N[C@H](C(=O)N[C@@H](C(=O)N[C@@H](C)C(=O)O)[C@@H](C)CC)C(C)C. The van der Waals surface area contributed by atoms with Crippen molar-refractivity contribution in [2.75, 3.05) is 0 Å². The maximum atomic E-state index is 13.2. The Kier molecular flexibility index (Phi) is 15.2. The summed E-state index contributed by atoms with van der Waals surface area (Å²) in [5.74, 6) is -6.13. The fourth-order valence-corrected chi connectivity index (χ4v) is 3.42. The lowest BCUT2D eigenvalue weighted by atomic mass is 9.96. The van der Waals surface area contributed by atoms with Crippen molar-refractivity contribution >= 4 is 35.6 Å². The summed E-state index contributed by atoms with van der Waals surface area (Å²) in [6.45, 7) is 11.8. The van der Waals surface area contributed by atoms with E-state index in [9.17, 15) is 28.8 Å². The molecule has 0 fully saturated rings. The minimum Gasteiger partial charge on any atom is -0.481 e. The molecule has 38 heavy (non-hydrogen) atoms. The average Bonchev–Trinajstić information content (AvgIpc) is 2.85. The van der Waals surface area contributed by atoms with Crippen LogP contribution in [0.1, 0.15) is 74.1 Å². The van der Waals surface area contributed by atoms with E-state index in [1.807, 2.05) is 6.92 Å². The van der Waals surface area contributed by atoms with Crippen LogP contribution in [0.25, 0.3) is 0 Å². The molecule has 4 amide bonds. The van der Waals surface area contributed by atoms with Crippen LogP contribution in [0.15, 0.2) is 0 Å². The van der Waals surface area contributed by atoms with Gasteiger partial charge in [0, 0.05) is 6.42 Å². The van der Waals surface area contributed by atoms with Gasteiger partial charge in [-0.05, 0) is 31.1 Å². The Balaban J connectivity index is 5.77. The molecule has 13 nitrogen and oxygen atoms in total. The van der Waals surface area contributed by atoms with Crippen molar-refractivity contribution in [1.82, 2.24) is 21.3 Å². The molecule has 8 N–H and O–H groups in total. The number of nitrogens with one attached hydrogen (secondary N) is 4. The van der Waals surface area contributed by atoms with Crippen molar-refractivity contribution < 1.29 is 39.0 Å². The van der Waals surface area contributed by atoms with Crippen molar-refractivity contribution in [1.29, 1.82) is 0 Å². The highest BCUT2D eigenvalue weighted by molar-refractivity contribution is 5.95. The fourth-order valence-electron chi connectivity index (χ4n) is 3.42. The van der Waals surface area contributed by atoms with Gasteiger partial charge in [-0.15, -0.1) is 0 Å². The summed E-state index contributed by atoms with van der Waals surface area (Å²) in [6.07, 6.45) is 0.482. The number of amides is 4. The highest BCUT2D eigenvalue weighted by Crippen LogP contribution is 2.12. The van der Waals surface area contributed by atoms with E-state index in [4.69, 9.17) is 15.9 Å². The van der Waals surface area contributed by atoms with Gasteiger partial charge in [0.2, 0.25) is 23.6 Å². The summed E-state index contributed by atoms with van der Waals surface area (Å²) >= 11 is 0. The standard InChI is InChI=1S/C25H45N5O8/c1-8-13(5)18(26)22(34)28-16(10-11-17(31)32)21(33)29-19(12(3)4)23(35)30-20(14(6)9-2)24(36)27-15(7)25(37)38/h12-16,18-20H,8-11,26H2,1-7H3,(H,27,36)(H,28,34)(H,29,33)(H,30,35)(H,31,32)(H,37,38)/t13-,14-,15-,16-,18-,19-,20+/m0/s1. The van der Waals surface area contributed by atoms with Crippen LogP contribution in [0.4, 0.5) is 0 Å². The van der Waals surface area contributed by atoms with Crippen LogP contribution in [0, 0.1) is 17.8 Å². The van der Waals surface area contributed by atoms with Crippen molar-refractivity contribution in [3.8, 4) is 0 Å². The first-order chi connectivity index (χ1) is 17.6. The smallest absolute Gasteiger partial charge is 0.325 e. The van der Waals surface area contributed by atoms with Crippen LogP contribution in [0.3, 0.4) is 0 Å². The van der Waals surface area contributed by atoms with Gasteiger partial charge in [-0.1, -0.05) is 54.4 Å². The molecule has 0 aromatic rings. The molecule has 0 saturated carbocycles. The summed E-state index contributed by atoms with van der Waals surface area (Å²) in [6, 6.07) is -5.54. The van der Waals surface area contributed by atoms with Crippen molar-refractivity contribution in [3.63, 3.8) is 0 Å². The quantitative estimate of drug-likeness (QED) is 0.131. The fraction of sp³-hybridized carbons (Fsp3) is 0.760. The van der Waals surface area contributed by atoms with E-state index in [-0.39, 0.29) is 18.3 Å². The highest BCUT2D eigenvalue weighted by Gasteiger charge is 2.34. The first kappa shape index (κ1) is 34.8. The molecule has 0 aliphatic heterocycles. The lowest BCUT2D eigenvalue weighted by Crippen LogP contribution is -2.60. The zero-order valence-corrected chi connectivity index (χ0v) is 23.4. The van der Waals surface area contributed by atoms with Gasteiger partial charge in [0.05, 0.1) is 6.04 Å². The van der Waals surface area contributed by atoms with Gasteiger partial charge in [0.25, 0.3) is 0 Å². The van der Waals surface area contributed by atoms with Gasteiger partial charge in [-0.25, -0.2) is 0 Å². The minimum absolute atomic E-state index is 0.181. The monoisotopic (exact) mass is 543 g/mol. The Bertz CT molecular complexity index is 850. The maximum absolute atomic E-state index is 13.2. The van der Waals surface area contributed by atoms with Crippen molar-refractivity contribution in [2.45, 2.75) is 104 Å². The zero-order valence-electron chi connectivity index (χ0n) is 23.4. The summed E-state index contributed by atoms with van der Waals surface area (Å²) in [7, 11) is 0. The second kappa shape index (κ2) is 16.6. The third-order valence-electron chi connectivity index (χ3n) is 6.61. The largest absolute Gasteiger partial charge is 0.481 e. The Morgan fingerprint density at radius 1 is 0.684 bits per heavy atom. The average molecular weight is 544 g/mol. The molecule has 218 valence electrons. The molecule has 0 aromatic carbocycles. The lowest BCUT2D eigenvalue weighted by molar-refractivity contribution is -0.142. The molecule has 0 saturated heterocycles. The first-order valence-corrected chi connectivity index (χ1v) is 13.0. The number of carbonyl (C=O) groups is 6. The molecule has 13 heteroatoms. The lowest BCUT2D eigenvalue weighted by Gasteiger charge is -2.30. The molecule has 0 heterocycles. The van der Waals surface area contributed by atoms with E-state index in [0.717, 1.165) is 0 Å². The molecule has 0 unspecified atom stereocenters. The topological polar surface area (TPSA) is 217 Å². The van der Waals surface area contributed by atoms with Crippen LogP contribution in [0.2, 0.25) is 0 Å². The third kappa shape index (κ3) is 11.4.